The zero-order valence-corrected chi connectivity index (χ0v) is 16.0. The first-order valence-corrected chi connectivity index (χ1v) is 9.71. The Bertz CT molecular complexity index is 694. The number of halogens is 1. The second kappa shape index (κ2) is 9.55. The first-order chi connectivity index (χ1) is 11.7. The maximum Gasteiger partial charge on any atom is 0.337 e. The van der Waals surface area contributed by atoms with E-state index in [1.54, 1.807) is 23.9 Å². The molecular weight excluding hydrogens is 388 g/mol. The van der Waals surface area contributed by atoms with Gasteiger partial charge in [0.25, 0.3) is 0 Å². The number of benzene rings is 2. The van der Waals surface area contributed by atoms with Crippen LogP contribution < -0.4 is 4.74 Å². The van der Waals surface area contributed by atoms with Crippen molar-refractivity contribution in [1.29, 1.82) is 0 Å². The van der Waals surface area contributed by atoms with Gasteiger partial charge < -0.3 is 9.47 Å². The van der Waals surface area contributed by atoms with Gasteiger partial charge in [-0.05, 0) is 53.8 Å². The van der Waals surface area contributed by atoms with Crippen LogP contribution in [0.2, 0.25) is 0 Å². The number of rotatable bonds is 7. The third-order valence-corrected chi connectivity index (χ3v) is 4.82. The fourth-order valence-electron chi connectivity index (χ4n) is 2.04. The SMILES string of the molecule is COC(=O)c1ccc(C=C(CBr)COc2ccc(SC)cc2)cc1. The van der Waals surface area contributed by atoms with Crippen molar-refractivity contribution >= 4 is 39.7 Å². The maximum absolute atomic E-state index is 11.4. The molecule has 0 saturated heterocycles. The first-order valence-electron chi connectivity index (χ1n) is 7.37. The second-order valence-corrected chi connectivity index (χ2v) is 6.45. The minimum atomic E-state index is -0.330. The summed E-state index contributed by atoms with van der Waals surface area (Å²) in [5.41, 5.74) is 2.66. The van der Waals surface area contributed by atoms with Crippen LogP contribution in [-0.4, -0.2) is 31.3 Å². The smallest absolute Gasteiger partial charge is 0.337 e. The van der Waals surface area contributed by atoms with Gasteiger partial charge in [-0.2, -0.15) is 0 Å². The van der Waals surface area contributed by atoms with Crippen molar-refractivity contribution in [3.8, 4) is 5.75 Å². The highest BCUT2D eigenvalue weighted by Crippen LogP contribution is 2.20. The van der Waals surface area contributed by atoms with Gasteiger partial charge in [-0.25, -0.2) is 4.79 Å². The van der Waals surface area contributed by atoms with Crippen LogP contribution >= 0.6 is 27.7 Å². The number of ether oxygens (including phenoxy) is 2. The van der Waals surface area contributed by atoms with Crippen molar-refractivity contribution in [3.63, 3.8) is 0 Å². The molecule has 2 rings (SSSR count). The molecule has 2 aromatic carbocycles. The van der Waals surface area contributed by atoms with E-state index in [1.807, 2.05) is 48.7 Å². The Morgan fingerprint density at radius 1 is 1.12 bits per heavy atom. The molecule has 0 atom stereocenters. The summed E-state index contributed by atoms with van der Waals surface area (Å²) in [6.07, 6.45) is 4.10. The lowest BCUT2D eigenvalue weighted by Crippen LogP contribution is -2.03. The molecule has 0 amide bonds. The van der Waals surface area contributed by atoms with E-state index in [9.17, 15) is 4.79 Å². The average molecular weight is 407 g/mol. The normalized spacial score (nSPS) is 11.2. The van der Waals surface area contributed by atoms with Crippen molar-refractivity contribution in [2.75, 3.05) is 25.3 Å². The molecule has 0 radical (unpaired) electrons. The van der Waals surface area contributed by atoms with E-state index < -0.39 is 0 Å². The molecule has 24 heavy (non-hydrogen) atoms. The standard InChI is InChI=1S/C19H19BrO3S/c1-22-19(21)16-5-3-14(4-6-16)11-15(12-20)13-23-17-7-9-18(24-2)10-8-17/h3-11H,12-13H2,1-2H3. The number of methoxy groups -OCH3 is 1. The Hall–Kier alpha value is -1.72. The van der Waals surface area contributed by atoms with Gasteiger partial charge in [0.2, 0.25) is 0 Å². The number of carbonyl (C=O) groups excluding carboxylic acids is 1. The van der Waals surface area contributed by atoms with E-state index in [0.717, 1.165) is 16.9 Å². The lowest BCUT2D eigenvalue weighted by atomic mass is 10.1. The summed E-state index contributed by atoms with van der Waals surface area (Å²) in [5.74, 6) is 0.518. The van der Waals surface area contributed by atoms with Gasteiger partial charge in [-0.15, -0.1) is 11.8 Å². The molecule has 3 nitrogen and oxygen atoms in total. The molecule has 0 aliphatic rings. The first kappa shape index (κ1) is 18.6. The summed E-state index contributed by atoms with van der Waals surface area (Å²) < 4.78 is 10.5. The summed E-state index contributed by atoms with van der Waals surface area (Å²) in [7, 11) is 1.38. The number of carbonyl (C=O) groups is 1. The van der Waals surface area contributed by atoms with E-state index in [0.29, 0.717) is 17.5 Å². The van der Waals surface area contributed by atoms with Gasteiger partial charge in [-0.3, -0.25) is 0 Å². The fourth-order valence-corrected chi connectivity index (χ4v) is 2.77. The molecule has 0 N–H and O–H groups in total. The van der Waals surface area contributed by atoms with Crippen LogP contribution in [0.3, 0.4) is 0 Å². The van der Waals surface area contributed by atoms with Crippen LogP contribution in [0.1, 0.15) is 15.9 Å². The van der Waals surface area contributed by atoms with Gasteiger partial charge >= 0.3 is 5.97 Å². The van der Waals surface area contributed by atoms with E-state index in [4.69, 9.17) is 9.47 Å². The number of hydrogen-bond acceptors (Lipinski definition) is 4. The molecule has 0 saturated carbocycles. The molecule has 5 heteroatoms. The zero-order chi connectivity index (χ0) is 17.4. The fraction of sp³-hybridized carbons (Fsp3) is 0.211. The van der Waals surface area contributed by atoms with Gasteiger partial charge in [-0.1, -0.05) is 34.1 Å². The minimum absolute atomic E-state index is 0.330. The van der Waals surface area contributed by atoms with Crippen LogP contribution in [0.25, 0.3) is 6.08 Å². The monoisotopic (exact) mass is 406 g/mol. The predicted octanol–water partition coefficient (Wildman–Crippen LogP) is 5.05. The number of hydrogen-bond donors (Lipinski definition) is 0. The average Bonchev–Trinajstić information content (AvgIpc) is 2.65. The van der Waals surface area contributed by atoms with E-state index in [-0.39, 0.29) is 5.97 Å². The lowest BCUT2D eigenvalue weighted by molar-refractivity contribution is 0.0600. The predicted molar refractivity (Wildman–Crippen MR) is 103 cm³/mol. The van der Waals surface area contributed by atoms with Crippen LogP contribution in [0, 0.1) is 0 Å². The molecule has 0 spiro atoms. The highest BCUT2D eigenvalue weighted by molar-refractivity contribution is 9.09. The number of thioether (sulfide) groups is 1. The molecule has 126 valence electrons. The topological polar surface area (TPSA) is 35.5 Å². The molecule has 0 fully saturated rings. The summed E-state index contributed by atoms with van der Waals surface area (Å²) in [6, 6.07) is 15.3. The Labute approximate surface area is 155 Å². The van der Waals surface area contributed by atoms with Gasteiger partial charge in [0, 0.05) is 10.2 Å². The Balaban J connectivity index is 2.01. The maximum atomic E-state index is 11.4. The largest absolute Gasteiger partial charge is 0.489 e. The number of esters is 1. The van der Waals surface area contributed by atoms with Gasteiger partial charge in [0.1, 0.15) is 12.4 Å². The summed E-state index contributed by atoms with van der Waals surface area (Å²) in [5, 5.41) is 0.717. The zero-order valence-electron chi connectivity index (χ0n) is 13.6. The highest BCUT2D eigenvalue weighted by atomic mass is 79.9. The Morgan fingerprint density at radius 3 is 2.33 bits per heavy atom. The van der Waals surface area contributed by atoms with Crippen LogP contribution in [0.4, 0.5) is 0 Å². The van der Waals surface area contributed by atoms with Crippen molar-refractivity contribution in [1.82, 2.24) is 0 Å². The molecular formula is C19H19BrO3S. The number of alkyl halides is 1. The summed E-state index contributed by atoms with van der Waals surface area (Å²) in [6.45, 7) is 0.503. The third kappa shape index (κ3) is 5.42. The molecule has 0 unspecified atom stereocenters. The quantitative estimate of drug-likeness (QED) is 0.366. The van der Waals surface area contributed by atoms with Crippen molar-refractivity contribution in [2.24, 2.45) is 0 Å². The summed E-state index contributed by atoms with van der Waals surface area (Å²) in [4.78, 5) is 12.7. The van der Waals surface area contributed by atoms with E-state index in [2.05, 4.69) is 15.9 Å². The van der Waals surface area contributed by atoms with Crippen molar-refractivity contribution in [2.45, 2.75) is 4.90 Å². The lowest BCUT2D eigenvalue weighted by Gasteiger charge is -2.09. The Morgan fingerprint density at radius 2 is 1.79 bits per heavy atom. The van der Waals surface area contributed by atoms with E-state index >= 15 is 0 Å². The van der Waals surface area contributed by atoms with E-state index in [1.165, 1.54) is 12.0 Å². The molecule has 0 aliphatic carbocycles. The van der Waals surface area contributed by atoms with Crippen LogP contribution in [0.5, 0.6) is 5.75 Å². The van der Waals surface area contributed by atoms with Crippen molar-refractivity contribution in [3.05, 3.63) is 65.2 Å². The molecule has 2 aromatic rings. The third-order valence-electron chi connectivity index (χ3n) is 3.36. The Kier molecular flexibility index (Phi) is 7.40. The van der Waals surface area contributed by atoms with Crippen molar-refractivity contribution < 1.29 is 14.3 Å². The molecule has 0 aliphatic heterocycles. The van der Waals surface area contributed by atoms with Crippen LogP contribution in [0.15, 0.2) is 59.0 Å². The molecule has 0 bridgehead atoms. The molecule has 0 heterocycles. The highest BCUT2D eigenvalue weighted by Gasteiger charge is 2.04. The second-order valence-electron chi connectivity index (χ2n) is 5.01. The summed E-state index contributed by atoms with van der Waals surface area (Å²) >= 11 is 5.20. The van der Waals surface area contributed by atoms with Gasteiger partial charge in [0.05, 0.1) is 12.7 Å². The van der Waals surface area contributed by atoms with Crippen LogP contribution in [-0.2, 0) is 4.74 Å². The minimum Gasteiger partial charge on any atom is -0.489 e. The molecule has 0 aromatic heterocycles. The van der Waals surface area contributed by atoms with Gasteiger partial charge in [0.15, 0.2) is 0 Å².